The first kappa shape index (κ1) is 14.9. The second-order valence-electron chi connectivity index (χ2n) is 4.77. The second-order valence-corrected chi connectivity index (χ2v) is 5.58. The van der Waals surface area contributed by atoms with Crippen molar-refractivity contribution in [2.24, 2.45) is 0 Å². The summed E-state index contributed by atoms with van der Waals surface area (Å²) in [5.74, 6) is 0.871. The first-order valence-corrected chi connectivity index (χ1v) is 6.77. The zero-order chi connectivity index (χ0) is 12.7. The fraction of sp³-hybridized carbons (Fsp3) is 0.462. The molecule has 1 heterocycles. The first-order valence-electron chi connectivity index (χ1n) is 6.01. The number of halogens is 3. The van der Waals surface area contributed by atoms with E-state index < -0.39 is 0 Å². The minimum absolute atomic E-state index is 0. The van der Waals surface area contributed by atoms with Gasteiger partial charge >= 0.3 is 0 Å². The molecule has 3 nitrogen and oxygen atoms in total. The molecule has 0 bridgehead atoms. The average Bonchev–Trinajstić information content (AvgIpc) is 2.97. The topological polar surface area (TPSA) is 29.5 Å². The van der Waals surface area contributed by atoms with Crippen molar-refractivity contribution in [2.75, 3.05) is 13.1 Å². The fourth-order valence-corrected chi connectivity index (χ4v) is 2.84. The van der Waals surface area contributed by atoms with Gasteiger partial charge in [-0.15, -0.1) is 12.4 Å². The van der Waals surface area contributed by atoms with Crippen LogP contribution >= 0.6 is 35.6 Å². The van der Waals surface area contributed by atoms with Gasteiger partial charge in [-0.2, -0.15) is 0 Å². The Kier molecular flexibility index (Phi) is 4.62. The van der Waals surface area contributed by atoms with E-state index in [0.29, 0.717) is 40.6 Å². The van der Waals surface area contributed by atoms with Crippen molar-refractivity contribution in [2.45, 2.75) is 25.0 Å². The Morgan fingerprint density at radius 1 is 1.26 bits per heavy atom. The van der Waals surface area contributed by atoms with Crippen LogP contribution in [0.25, 0.3) is 0 Å². The predicted octanol–water partition coefficient (Wildman–Crippen LogP) is 3.21. The third kappa shape index (κ3) is 3.16. The molecule has 0 radical (unpaired) electrons. The third-order valence-corrected chi connectivity index (χ3v) is 4.01. The van der Waals surface area contributed by atoms with Crippen molar-refractivity contribution in [1.82, 2.24) is 4.90 Å². The van der Waals surface area contributed by atoms with Crippen LogP contribution in [0.3, 0.4) is 0 Å². The molecule has 0 unspecified atom stereocenters. The maximum atomic E-state index is 11.2. The summed E-state index contributed by atoms with van der Waals surface area (Å²) in [6, 6.07) is 5.66. The van der Waals surface area contributed by atoms with Gasteiger partial charge in [-0.05, 0) is 12.1 Å². The van der Waals surface area contributed by atoms with Gasteiger partial charge in [0, 0.05) is 19.4 Å². The molecule has 19 heavy (non-hydrogen) atoms. The van der Waals surface area contributed by atoms with E-state index in [9.17, 15) is 4.79 Å². The number of carbonyl (C=O) groups excluding carboxylic acids is 1. The largest absolute Gasteiger partial charge is 0.486 e. The summed E-state index contributed by atoms with van der Waals surface area (Å²) in [5.41, 5.74) is 0. The van der Waals surface area contributed by atoms with Gasteiger partial charge in [-0.1, -0.05) is 29.3 Å². The van der Waals surface area contributed by atoms with E-state index in [1.165, 1.54) is 0 Å². The number of hydrogen-bond donors (Lipinski definition) is 0. The number of rotatable bonds is 3. The van der Waals surface area contributed by atoms with Crippen LogP contribution < -0.4 is 4.74 Å². The summed E-state index contributed by atoms with van der Waals surface area (Å²) in [7, 11) is 0. The summed E-state index contributed by atoms with van der Waals surface area (Å²) < 4.78 is 5.83. The summed E-state index contributed by atoms with van der Waals surface area (Å²) in [6.07, 6.45) is 1.71. The van der Waals surface area contributed by atoms with Crippen molar-refractivity contribution in [3.05, 3.63) is 28.2 Å². The monoisotopic (exact) mass is 321 g/mol. The highest BCUT2D eigenvalue weighted by Crippen LogP contribution is 2.39. The van der Waals surface area contributed by atoms with Crippen LogP contribution in [0, 0.1) is 0 Å². The molecule has 6 heteroatoms. The van der Waals surface area contributed by atoms with E-state index >= 15 is 0 Å². The van der Waals surface area contributed by atoms with E-state index in [4.69, 9.17) is 27.9 Å². The molecular weight excluding hydrogens is 309 g/mol. The Morgan fingerprint density at radius 2 is 1.95 bits per heavy atom. The van der Waals surface area contributed by atoms with Crippen molar-refractivity contribution in [3.63, 3.8) is 0 Å². The molecule has 2 aliphatic rings. The second kappa shape index (κ2) is 5.88. The minimum Gasteiger partial charge on any atom is -0.486 e. The van der Waals surface area contributed by atoms with Gasteiger partial charge in [-0.3, -0.25) is 9.69 Å². The molecule has 0 amide bonds. The highest BCUT2D eigenvalue weighted by atomic mass is 35.5. The Bertz CT molecular complexity index is 475. The zero-order valence-corrected chi connectivity index (χ0v) is 12.5. The Morgan fingerprint density at radius 3 is 2.53 bits per heavy atom. The van der Waals surface area contributed by atoms with E-state index in [2.05, 4.69) is 4.90 Å². The number of Topliss-reactive ketones (excluding diaryl/α,β-unsaturated/α-hetero) is 1. The molecule has 2 fully saturated rings. The molecule has 1 aromatic carbocycles. The Hall–Kier alpha value is -0.480. The standard InChI is InChI=1S/C13H13Cl2NO2.ClH/c14-9-2-1-3-10(15)13(9)18-12-6-11(12)16-5-4-8(17)7-16;/h1-3,11-12H,4-7H2;1H/t11-,12-;/m0./s1. The van der Waals surface area contributed by atoms with Gasteiger partial charge in [-0.25, -0.2) is 0 Å². The molecule has 1 saturated carbocycles. The first-order chi connectivity index (χ1) is 8.65. The quantitative estimate of drug-likeness (QED) is 0.856. The molecule has 3 rings (SSSR count). The predicted molar refractivity (Wildman–Crippen MR) is 77.7 cm³/mol. The Labute approximate surface area is 128 Å². The number of ketones is 1. The average molecular weight is 323 g/mol. The van der Waals surface area contributed by atoms with Crippen LogP contribution in [0.1, 0.15) is 12.8 Å². The van der Waals surface area contributed by atoms with E-state index in [0.717, 1.165) is 13.0 Å². The lowest BCUT2D eigenvalue weighted by Crippen LogP contribution is -2.27. The van der Waals surface area contributed by atoms with Crippen LogP contribution in [-0.2, 0) is 4.79 Å². The van der Waals surface area contributed by atoms with Crippen molar-refractivity contribution < 1.29 is 9.53 Å². The van der Waals surface area contributed by atoms with Gasteiger partial charge in [0.1, 0.15) is 11.9 Å². The maximum absolute atomic E-state index is 11.2. The number of carbonyl (C=O) groups is 1. The van der Waals surface area contributed by atoms with Gasteiger partial charge < -0.3 is 4.74 Å². The normalized spacial score (nSPS) is 26.1. The van der Waals surface area contributed by atoms with Gasteiger partial charge in [0.05, 0.1) is 22.6 Å². The molecule has 2 atom stereocenters. The number of likely N-dealkylation sites (tertiary alicyclic amines) is 1. The zero-order valence-electron chi connectivity index (χ0n) is 10.1. The third-order valence-electron chi connectivity index (χ3n) is 3.41. The number of para-hydroxylation sites is 1. The van der Waals surface area contributed by atoms with Crippen LogP contribution in [0.2, 0.25) is 10.0 Å². The van der Waals surface area contributed by atoms with Crippen molar-refractivity contribution in [1.29, 1.82) is 0 Å². The van der Waals surface area contributed by atoms with Crippen molar-refractivity contribution in [3.8, 4) is 5.75 Å². The van der Waals surface area contributed by atoms with E-state index in [1.54, 1.807) is 18.2 Å². The number of nitrogens with zero attached hydrogens (tertiary/aromatic N) is 1. The number of ether oxygens (including phenoxy) is 1. The fourth-order valence-electron chi connectivity index (χ4n) is 2.35. The van der Waals surface area contributed by atoms with E-state index in [-0.39, 0.29) is 18.5 Å². The van der Waals surface area contributed by atoms with Crippen LogP contribution in [0.5, 0.6) is 5.75 Å². The summed E-state index contributed by atoms with van der Waals surface area (Å²) in [6.45, 7) is 1.40. The molecule has 1 aromatic rings. The van der Waals surface area contributed by atoms with Gasteiger partial charge in [0.2, 0.25) is 0 Å². The lowest BCUT2D eigenvalue weighted by atomic mass is 10.3. The highest BCUT2D eigenvalue weighted by molar-refractivity contribution is 6.37. The number of benzene rings is 1. The van der Waals surface area contributed by atoms with Gasteiger partial charge in [0.15, 0.2) is 5.75 Å². The summed E-state index contributed by atoms with van der Waals surface area (Å²) in [4.78, 5) is 13.4. The lowest BCUT2D eigenvalue weighted by molar-refractivity contribution is -0.116. The Balaban J connectivity index is 0.00000133. The maximum Gasteiger partial charge on any atom is 0.156 e. The molecule has 104 valence electrons. The summed E-state index contributed by atoms with van der Waals surface area (Å²) >= 11 is 12.1. The van der Waals surface area contributed by atoms with Crippen LogP contribution in [0.15, 0.2) is 18.2 Å². The molecule has 0 N–H and O–H groups in total. The smallest absolute Gasteiger partial charge is 0.156 e. The van der Waals surface area contributed by atoms with Gasteiger partial charge in [0.25, 0.3) is 0 Å². The molecule has 0 spiro atoms. The number of hydrogen-bond acceptors (Lipinski definition) is 3. The molecule has 1 aliphatic heterocycles. The van der Waals surface area contributed by atoms with Crippen LogP contribution in [-0.4, -0.2) is 35.9 Å². The summed E-state index contributed by atoms with van der Waals surface area (Å²) in [5, 5.41) is 1.07. The highest BCUT2D eigenvalue weighted by Gasteiger charge is 2.46. The molecule has 1 saturated heterocycles. The van der Waals surface area contributed by atoms with E-state index in [1.807, 2.05) is 0 Å². The van der Waals surface area contributed by atoms with Crippen LogP contribution in [0.4, 0.5) is 0 Å². The molecule has 0 aromatic heterocycles. The lowest BCUT2D eigenvalue weighted by Gasteiger charge is -2.14. The van der Waals surface area contributed by atoms with Crippen molar-refractivity contribution >= 4 is 41.4 Å². The SMILES string of the molecule is Cl.O=C1CCN([C@H]2C[C@@H]2Oc2c(Cl)cccc2Cl)C1. The molecule has 1 aliphatic carbocycles. The molecular formula is C13H14Cl3NO2. The minimum atomic E-state index is 0.